The van der Waals surface area contributed by atoms with Gasteiger partial charge in [-0.3, -0.25) is 0 Å². The SMILES string of the molecule is Cc1cc(-c2ccc(F)cc2F)ccc1S(=O)(=O)Cc1cccc(S(N)(=O)=O)c1. The number of rotatable bonds is 5. The first-order valence-electron chi connectivity index (χ1n) is 8.38. The fourth-order valence-electron chi connectivity index (χ4n) is 3.00. The van der Waals surface area contributed by atoms with E-state index in [2.05, 4.69) is 0 Å². The van der Waals surface area contributed by atoms with E-state index in [4.69, 9.17) is 5.14 Å². The van der Waals surface area contributed by atoms with Crippen LogP contribution in [0.4, 0.5) is 8.78 Å². The quantitative estimate of drug-likeness (QED) is 0.660. The molecular formula is C20H17F2NO4S2. The molecule has 29 heavy (non-hydrogen) atoms. The van der Waals surface area contributed by atoms with E-state index in [0.29, 0.717) is 11.1 Å². The number of sulfonamides is 1. The summed E-state index contributed by atoms with van der Waals surface area (Å²) >= 11 is 0. The molecule has 9 heteroatoms. The van der Waals surface area contributed by atoms with Gasteiger partial charge < -0.3 is 0 Å². The second-order valence-electron chi connectivity index (χ2n) is 6.56. The van der Waals surface area contributed by atoms with E-state index in [-0.39, 0.29) is 20.9 Å². The lowest BCUT2D eigenvalue weighted by molar-refractivity contribution is 0.585. The molecule has 0 spiro atoms. The van der Waals surface area contributed by atoms with Crippen LogP contribution in [0.5, 0.6) is 0 Å². The maximum atomic E-state index is 14.0. The van der Waals surface area contributed by atoms with E-state index < -0.39 is 37.2 Å². The van der Waals surface area contributed by atoms with Gasteiger partial charge in [0.05, 0.1) is 15.5 Å². The summed E-state index contributed by atoms with van der Waals surface area (Å²) in [6.07, 6.45) is 0. The van der Waals surface area contributed by atoms with Gasteiger partial charge in [-0.05, 0) is 53.9 Å². The highest BCUT2D eigenvalue weighted by atomic mass is 32.2. The van der Waals surface area contributed by atoms with Crippen LogP contribution in [-0.4, -0.2) is 16.8 Å². The lowest BCUT2D eigenvalue weighted by atomic mass is 10.0. The molecule has 0 aromatic heterocycles. The van der Waals surface area contributed by atoms with Gasteiger partial charge >= 0.3 is 0 Å². The predicted octanol–water partition coefficient (Wildman–Crippen LogP) is 3.56. The predicted molar refractivity (Wildman–Crippen MR) is 105 cm³/mol. The van der Waals surface area contributed by atoms with E-state index in [1.807, 2.05) is 0 Å². The van der Waals surface area contributed by atoms with Gasteiger partial charge in [0, 0.05) is 11.6 Å². The topological polar surface area (TPSA) is 94.3 Å². The van der Waals surface area contributed by atoms with Crippen molar-refractivity contribution in [3.05, 3.63) is 83.4 Å². The Morgan fingerprint density at radius 1 is 0.897 bits per heavy atom. The normalized spacial score (nSPS) is 12.1. The molecule has 0 unspecified atom stereocenters. The molecule has 5 nitrogen and oxygen atoms in total. The second kappa shape index (κ2) is 7.66. The van der Waals surface area contributed by atoms with Gasteiger partial charge in [-0.1, -0.05) is 24.3 Å². The van der Waals surface area contributed by atoms with Crippen molar-refractivity contribution in [2.45, 2.75) is 22.5 Å². The standard InChI is InChI=1S/C20H17F2NO4S2/c1-13-9-15(18-7-6-16(21)11-19(18)22)5-8-20(13)28(24,25)12-14-3-2-4-17(10-14)29(23,26)27/h2-11H,12H2,1H3,(H2,23,26,27). The molecular weight excluding hydrogens is 420 g/mol. The Labute approximate surface area is 167 Å². The van der Waals surface area contributed by atoms with Crippen LogP contribution in [0.25, 0.3) is 11.1 Å². The van der Waals surface area contributed by atoms with Crippen molar-refractivity contribution < 1.29 is 25.6 Å². The fourth-order valence-corrected chi connectivity index (χ4v) is 5.18. The number of sulfone groups is 1. The van der Waals surface area contributed by atoms with Crippen molar-refractivity contribution >= 4 is 19.9 Å². The van der Waals surface area contributed by atoms with Gasteiger partial charge in [-0.15, -0.1) is 0 Å². The molecule has 3 aromatic carbocycles. The summed E-state index contributed by atoms with van der Waals surface area (Å²) in [4.78, 5) is -0.145. The Morgan fingerprint density at radius 2 is 1.62 bits per heavy atom. The van der Waals surface area contributed by atoms with Gasteiger partial charge in [0.25, 0.3) is 0 Å². The number of aryl methyl sites for hydroxylation is 1. The molecule has 0 fully saturated rings. The molecule has 0 atom stereocenters. The summed E-state index contributed by atoms with van der Waals surface area (Å²) in [5, 5.41) is 5.09. The number of halogens is 2. The van der Waals surface area contributed by atoms with E-state index in [0.717, 1.165) is 12.1 Å². The number of nitrogens with two attached hydrogens (primary N) is 1. The van der Waals surface area contributed by atoms with Crippen LogP contribution in [0.3, 0.4) is 0 Å². The third-order valence-electron chi connectivity index (χ3n) is 4.34. The molecule has 0 amide bonds. The number of primary sulfonamides is 1. The summed E-state index contributed by atoms with van der Waals surface area (Å²) in [5.41, 5.74) is 1.22. The zero-order valence-electron chi connectivity index (χ0n) is 15.3. The molecule has 0 aliphatic carbocycles. The minimum absolute atomic E-state index is 0.0322. The number of benzene rings is 3. The van der Waals surface area contributed by atoms with Crippen molar-refractivity contribution in [1.29, 1.82) is 0 Å². The van der Waals surface area contributed by atoms with Crippen molar-refractivity contribution in [3.63, 3.8) is 0 Å². The Hall–Kier alpha value is -2.62. The summed E-state index contributed by atoms with van der Waals surface area (Å²) in [5.74, 6) is -1.88. The summed E-state index contributed by atoms with van der Waals surface area (Å²) < 4.78 is 75.7. The van der Waals surface area contributed by atoms with Crippen LogP contribution in [0.2, 0.25) is 0 Å². The Kier molecular flexibility index (Phi) is 5.57. The Morgan fingerprint density at radius 3 is 2.24 bits per heavy atom. The van der Waals surface area contributed by atoms with Crippen LogP contribution in [-0.2, 0) is 25.6 Å². The van der Waals surface area contributed by atoms with Crippen LogP contribution in [0.15, 0.2) is 70.5 Å². The zero-order valence-corrected chi connectivity index (χ0v) is 16.9. The average molecular weight is 437 g/mol. The van der Waals surface area contributed by atoms with Crippen molar-refractivity contribution in [2.24, 2.45) is 5.14 Å². The van der Waals surface area contributed by atoms with Crippen molar-refractivity contribution in [1.82, 2.24) is 0 Å². The first-order valence-corrected chi connectivity index (χ1v) is 11.6. The largest absolute Gasteiger partial charge is 0.238 e. The summed E-state index contributed by atoms with van der Waals surface area (Å²) in [6, 6.07) is 12.9. The first-order chi connectivity index (χ1) is 13.5. The molecule has 0 saturated heterocycles. The average Bonchev–Trinajstić information content (AvgIpc) is 2.60. The molecule has 3 rings (SSSR count). The van der Waals surface area contributed by atoms with E-state index >= 15 is 0 Å². The Bertz CT molecular complexity index is 1300. The molecule has 2 N–H and O–H groups in total. The fraction of sp³-hybridized carbons (Fsp3) is 0.100. The maximum Gasteiger partial charge on any atom is 0.238 e. The van der Waals surface area contributed by atoms with Gasteiger partial charge in [0.1, 0.15) is 11.6 Å². The van der Waals surface area contributed by atoms with Crippen LogP contribution in [0.1, 0.15) is 11.1 Å². The van der Waals surface area contributed by atoms with Gasteiger partial charge in [0.15, 0.2) is 9.84 Å². The minimum atomic E-state index is -3.95. The first kappa shape index (κ1) is 21.1. The second-order valence-corrected chi connectivity index (χ2v) is 10.1. The molecule has 3 aromatic rings. The van der Waals surface area contributed by atoms with Crippen molar-refractivity contribution in [3.8, 4) is 11.1 Å². The summed E-state index contributed by atoms with van der Waals surface area (Å²) in [7, 11) is -7.77. The molecule has 0 aliphatic heterocycles. The highest BCUT2D eigenvalue weighted by Crippen LogP contribution is 2.28. The highest BCUT2D eigenvalue weighted by molar-refractivity contribution is 7.90. The van der Waals surface area contributed by atoms with Crippen LogP contribution in [0, 0.1) is 18.6 Å². The maximum absolute atomic E-state index is 14.0. The van der Waals surface area contributed by atoms with E-state index in [1.165, 1.54) is 48.5 Å². The zero-order chi connectivity index (χ0) is 21.4. The summed E-state index contributed by atoms with van der Waals surface area (Å²) in [6.45, 7) is 1.57. The molecule has 0 heterocycles. The van der Waals surface area contributed by atoms with Gasteiger partial charge in [-0.25, -0.2) is 30.8 Å². The number of hydrogen-bond donors (Lipinski definition) is 1. The Balaban J connectivity index is 1.96. The minimum Gasteiger partial charge on any atom is -0.225 e. The monoisotopic (exact) mass is 437 g/mol. The molecule has 0 aliphatic rings. The lowest BCUT2D eigenvalue weighted by Crippen LogP contribution is -2.13. The highest BCUT2D eigenvalue weighted by Gasteiger charge is 2.20. The molecule has 0 radical (unpaired) electrons. The van der Waals surface area contributed by atoms with Crippen LogP contribution < -0.4 is 5.14 Å². The smallest absolute Gasteiger partial charge is 0.225 e. The van der Waals surface area contributed by atoms with Gasteiger partial charge in [-0.2, -0.15) is 0 Å². The third kappa shape index (κ3) is 4.69. The van der Waals surface area contributed by atoms with Gasteiger partial charge in [0.2, 0.25) is 10.0 Å². The molecule has 0 bridgehead atoms. The third-order valence-corrected chi connectivity index (χ3v) is 7.09. The van der Waals surface area contributed by atoms with E-state index in [1.54, 1.807) is 6.92 Å². The molecule has 0 saturated carbocycles. The molecule has 152 valence electrons. The van der Waals surface area contributed by atoms with Crippen LogP contribution >= 0.6 is 0 Å². The lowest BCUT2D eigenvalue weighted by Gasteiger charge is -2.11. The van der Waals surface area contributed by atoms with E-state index in [9.17, 15) is 25.6 Å². The van der Waals surface area contributed by atoms with Crippen molar-refractivity contribution in [2.75, 3.05) is 0 Å². The number of hydrogen-bond acceptors (Lipinski definition) is 4.